The number of carbonyl (C=O) groups excluding carboxylic acids is 1. The summed E-state index contributed by atoms with van der Waals surface area (Å²) in [6.45, 7) is 2.82. The Morgan fingerprint density at radius 1 is 1.17 bits per heavy atom. The molecule has 0 bridgehead atoms. The molecule has 1 aromatic carbocycles. The highest BCUT2D eigenvalue weighted by Crippen LogP contribution is 2.17. The van der Waals surface area contributed by atoms with E-state index in [1.807, 2.05) is 37.3 Å². The van der Waals surface area contributed by atoms with Gasteiger partial charge in [0.25, 0.3) is 0 Å². The molecule has 1 aliphatic rings. The zero-order valence-electron chi connectivity index (χ0n) is 13.4. The van der Waals surface area contributed by atoms with Crippen LogP contribution in [0.4, 0.5) is 0 Å². The highest BCUT2D eigenvalue weighted by Gasteiger charge is 2.45. The average Bonchev–Trinajstić information content (AvgIpc) is 2.87. The Balaban J connectivity index is 2.00. The lowest BCUT2D eigenvalue weighted by Gasteiger charge is -2.27. The van der Waals surface area contributed by atoms with E-state index < -0.39 is 24.3 Å². The maximum Gasteiger partial charge on any atom is 0.242 e. The van der Waals surface area contributed by atoms with Crippen molar-refractivity contribution < 1.29 is 20.1 Å². The third-order valence-corrected chi connectivity index (χ3v) is 4.28. The van der Waals surface area contributed by atoms with Gasteiger partial charge >= 0.3 is 0 Å². The summed E-state index contributed by atoms with van der Waals surface area (Å²) >= 11 is 0. The molecule has 4 atom stereocenters. The Bertz CT molecular complexity index is 497. The molecule has 1 saturated heterocycles. The Morgan fingerprint density at radius 3 is 2.43 bits per heavy atom. The van der Waals surface area contributed by atoms with E-state index >= 15 is 0 Å². The van der Waals surface area contributed by atoms with Gasteiger partial charge < -0.3 is 20.2 Å². The van der Waals surface area contributed by atoms with Crippen molar-refractivity contribution >= 4 is 5.91 Å². The van der Waals surface area contributed by atoms with Gasteiger partial charge in [0.05, 0.1) is 18.8 Å². The van der Waals surface area contributed by atoms with Crippen LogP contribution in [0, 0.1) is 0 Å². The molecule has 1 fully saturated rings. The van der Waals surface area contributed by atoms with Crippen molar-refractivity contribution in [3.8, 4) is 0 Å². The van der Waals surface area contributed by atoms with Gasteiger partial charge in [0.2, 0.25) is 5.91 Å². The summed E-state index contributed by atoms with van der Waals surface area (Å²) in [7, 11) is 0. The van der Waals surface area contributed by atoms with Crippen molar-refractivity contribution in [3.05, 3.63) is 35.9 Å². The van der Waals surface area contributed by atoms with Crippen LogP contribution >= 0.6 is 0 Å². The second-order valence-electron chi connectivity index (χ2n) is 5.98. The SMILES string of the molecule is CCCN(CCc1ccccc1)C(=O)[C@H]1N[C@H](CO)[C@@H](O)[C@@H]1O. The lowest BCUT2D eigenvalue weighted by Crippen LogP contribution is -2.50. The topological polar surface area (TPSA) is 93.0 Å². The third kappa shape index (κ3) is 4.29. The highest BCUT2D eigenvalue weighted by atomic mass is 16.3. The molecule has 0 saturated carbocycles. The van der Waals surface area contributed by atoms with Crippen LogP contribution in [0.5, 0.6) is 0 Å². The Labute approximate surface area is 136 Å². The minimum Gasteiger partial charge on any atom is -0.395 e. The number of carbonyl (C=O) groups is 1. The molecule has 0 spiro atoms. The molecule has 0 radical (unpaired) electrons. The number of aliphatic hydroxyl groups excluding tert-OH is 3. The fourth-order valence-electron chi connectivity index (χ4n) is 2.95. The van der Waals surface area contributed by atoms with Gasteiger partial charge in [0.15, 0.2) is 0 Å². The molecule has 0 unspecified atom stereocenters. The highest BCUT2D eigenvalue weighted by molar-refractivity contribution is 5.83. The first kappa shape index (κ1) is 17.9. The van der Waals surface area contributed by atoms with Crippen LogP contribution in [0.1, 0.15) is 18.9 Å². The van der Waals surface area contributed by atoms with Gasteiger partial charge in [-0.2, -0.15) is 0 Å². The number of hydrogen-bond donors (Lipinski definition) is 4. The van der Waals surface area contributed by atoms with Crippen molar-refractivity contribution in [2.24, 2.45) is 0 Å². The van der Waals surface area contributed by atoms with Gasteiger partial charge in [-0.15, -0.1) is 0 Å². The fourth-order valence-corrected chi connectivity index (χ4v) is 2.95. The Kier molecular flexibility index (Phi) is 6.53. The lowest BCUT2D eigenvalue weighted by molar-refractivity contribution is -0.136. The van der Waals surface area contributed by atoms with Crippen LogP contribution in [0.3, 0.4) is 0 Å². The summed E-state index contributed by atoms with van der Waals surface area (Å²) in [5.41, 5.74) is 1.15. The van der Waals surface area contributed by atoms with Crippen LogP contribution in [0.25, 0.3) is 0 Å². The fraction of sp³-hybridized carbons (Fsp3) is 0.588. The lowest BCUT2D eigenvalue weighted by atomic mass is 10.1. The van der Waals surface area contributed by atoms with Crippen molar-refractivity contribution in [1.82, 2.24) is 10.2 Å². The first-order valence-electron chi connectivity index (χ1n) is 8.14. The smallest absolute Gasteiger partial charge is 0.242 e. The summed E-state index contributed by atoms with van der Waals surface area (Å²) in [5.74, 6) is -0.231. The van der Waals surface area contributed by atoms with Gasteiger partial charge in [-0.3, -0.25) is 10.1 Å². The summed E-state index contributed by atoms with van der Waals surface area (Å²) in [6.07, 6.45) is -0.779. The number of nitrogens with zero attached hydrogens (tertiary/aromatic N) is 1. The van der Waals surface area contributed by atoms with Crippen LogP contribution in [-0.2, 0) is 11.2 Å². The van der Waals surface area contributed by atoms with E-state index in [0.717, 1.165) is 18.4 Å². The second-order valence-corrected chi connectivity index (χ2v) is 5.98. The predicted molar refractivity (Wildman–Crippen MR) is 86.8 cm³/mol. The molecule has 1 heterocycles. The van der Waals surface area contributed by atoms with Gasteiger partial charge in [0, 0.05) is 13.1 Å². The molecule has 1 aliphatic heterocycles. The van der Waals surface area contributed by atoms with Crippen molar-refractivity contribution in [2.45, 2.75) is 44.1 Å². The van der Waals surface area contributed by atoms with E-state index in [9.17, 15) is 20.1 Å². The summed E-state index contributed by atoms with van der Waals surface area (Å²) in [5, 5.41) is 31.9. The number of benzene rings is 1. The molecule has 4 N–H and O–H groups in total. The minimum absolute atomic E-state index is 0.231. The quantitative estimate of drug-likeness (QED) is 0.544. The van der Waals surface area contributed by atoms with E-state index in [-0.39, 0.29) is 12.5 Å². The van der Waals surface area contributed by atoms with Gasteiger partial charge in [-0.1, -0.05) is 37.3 Å². The maximum atomic E-state index is 12.7. The zero-order chi connectivity index (χ0) is 16.8. The molecule has 6 nitrogen and oxygen atoms in total. The largest absolute Gasteiger partial charge is 0.395 e. The predicted octanol–water partition coefficient (Wildman–Crippen LogP) is -0.478. The average molecular weight is 322 g/mol. The van der Waals surface area contributed by atoms with E-state index in [0.29, 0.717) is 13.1 Å². The van der Waals surface area contributed by atoms with E-state index in [1.165, 1.54) is 0 Å². The number of hydrogen-bond acceptors (Lipinski definition) is 5. The molecule has 6 heteroatoms. The maximum absolute atomic E-state index is 12.7. The van der Waals surface area contributed by atoms with E-state index in [4.69, 9.17) is 0 Å². The normalized spacial score (nSPS) is 27.1. The molecule has 0 aromatic heterocycles. The second kappa shape index (κ2) is 8.40. The molecule has 23 heavy (non-hydrogen) atoms. The van der Waals surface area contributed by atoms with E-state index in [1.54, 1.807) is 4.90 Å². The van der Waals surface area contributed by atoms with Crippen molar-refractivity contribution in [1.29, 1.82) is 0 Å². The van der Waals surface area contributed by atoms with Crippen LogP contribution in [-0.4, -0.2) is 70.1 Å². The number of aliphatic hydroxyl groups is 3. The number of rotatable bonds is 7. The van der Waals surface area contributed by atoms with Crippen LogP contribution in [0.2, 0.25) is 0 Å². The van der Waals surface area contributed by atoms with Gasteiger partial charge in [-0.25, -0.2) is 0 Å². The molecular formula is C17H26N2O4. The van der Waals surface area contributed by atoms with Crippen molar-refractivity contribution in [3.63, 3.8) is 0 Å². The third-order valence-electron chi connectivity index (χ3n) is 4.28. The molecular weight excluding hydrogens is 296 g/mol. The molecule has 1 amide bonds. The molecule has 2 rings (SSSR count). The zero-order valence-corrected chi connectivity index (χ0v) is 13.4. The molecule has 1 aromatic rings. The van der Waals surface area contributed by atoms with Crippen molar-refractivity contribution in [2.75, 3.05) is 19.7 Å². The first-order valence-corrected chi connectivity index (χ1v) is 8.14. The summed E-state index contributed by atoms with van der Waals surface area (Å²) in [6, 6.07) is 8.37. The van der Waals surface area contributed by atoms with Gasteiger partial charge in [0.1, 0.15) is 12.1 Å². The molecule has 128 valence electrons. The van der Waals surface area contributed by atoms with Gasteiger partial charge in [-0.05, 0) is 18.4 Å². The standard InChI is InChI=1S/C17H26N2O4/c1-2-9-19(10-8-12-6-4-3-5-7-12)17(23)14-16(22)15(21)13(11-20)18-14/h3-7,13-16,18,20-22H,2,8-11H2,1H3/t13-,14+,15-,16-/m1/s1. The molecule has 0 aliphatic carbocycles. The number of nitrogens with one attached hydrogen (secondary N) is 1. The first-order chi connectivity index (χ1) is 11.1. The minimum atomic E-state index is -1.20. The van der Waals surface area contributed by atoms with Crippen LogP contribution in [0.15, 0.2) is 30.3 Å². The van der Waals surface area contributed by atoms with E-state index in [2.05, 4.69) is 5.32 Å². The summed E-state index contributed by atoms with van der Waals surface area (Å²) in [4.78, 5) is 14.4. The Hall–Kier alpha value is -1.47. The number of amides is 1. The summed E-state index contributed by atoms with van der Waals surface area (Å²) < 4.78 is 0. The monoisotopic (exact) mass is 322 g/mol. The van der Waals surface area contributed by atoms with Crippen LogP contribution < -0.4 is 5.32 Å². The Morgan fingerprint density at radius 2 is 1.87 bits per heavy atom.